The van der Waals surface area contributed by atoms with Gasteiger partial charge in [0.2, 0.25) is 0 Å². The number of fused-ring (bicyclic) bond motifs is 1. The second kappa shape index (κ2) is 7.24. The van der Waals surface area contributed by atoms with Crippen LogP contribution >= 0.6 is 0 Å². The van der Waals surface area contributed by atoms with Crippen molar-refractivity contribution < 1.29 is 9.18 Å². The molecule has 1 aliphatic heterocycles. The molecular weight excluding hydrogens is 327 g/mol. The quantitative estimate of drug-likeness (QED) is 0.700. The fourth-order valence-electron chi connectivity index (χ4n) is 3.77. The average molecular weight is 348 g/mol. The predicted molar refractivity (Wildman–Crippen MR) is 100 cm³/mol. The van der Waals surface area contributed by atoms with Gasteiger partial charge in [-0.1, -0.05) is 24.3 Å². The smallest absolute Gasteiger partial charge is 0.254 e. The SMILES string of the molecule is O=C(c1cccc2cnccc12)N1CCC(Cc2ccc(F)cc2)CC1. The van der Waals surface area contributed by atoms with Crippen LogP contribution in [0, 0.1) is 11.7 Å². The lowest BCUT2D eigenvalue weighted by atomic mass is 9.90. The van der Waals surface area contributed by atoms with Crippen LogP contribution in [0.15, 0.2) is 60.9 Å². The Balaban J connectivity index is 1.42. The van der Waals surface area contributed by atoms with E-state index in [9.17, 15) is 9.18 Å². The number of hydrogen-bond acceptors (Lipinski definition) is 2. The Morgan fingerprint density at radius 3 is 2.62 bits per heavy atom. The summed E-state index contributed by atoms with van der Waals surface area (Å²) in [6.45, 7) is 1.54. The van der Waals surface area contributed by atoms with E-state index in [2.05, 4.69) is 4.98 Å². The zero-order valence-electron chi connectivity index (χ0n) is 14.6. The van der Waals surface area contributed by atoms with Crippen molar-refractivity contribution in [1.82, 2.24) is 9.88 Å². The highest BCUT2D eigenvalue weighted by Crippen LogP contribution is 2.25. The standard InChI is InChI=1S/C22H21FN2O/c23-19-6-4-16(5-7-19)14-17-9-12-25(13-10-17)22(26)21-3-1-2-18-15-24-11-8-20(18)21/h1-8,11,15,17H,9-10,12-14H2. The highest BCUT2D eigenvalue weighted by molar-refractivity contribution is 6.06. The van der Waals surface area contributed by atoms with Gasteiger partial charge in [0.25, 0.3) is 5.91 Å². The van der Waals surface area contributed by atoms with Gasteiger partial charge in [0.15, 0.2) is 0 Å². The number of piperidine rings is 1. The largest absolute Gasteiger partial charge is 0.339 e. The summed E-state index contributed by atoms with van der Waals surface area (Å²) in [5, 5.41) is 1.95. The van der Waals surface area contributed by atoms with E-state index < -0.39 is 0 Å². The molecule has 0 radical (unpaired) electrons. The predicted octanol–water partition coefficient (Wildman–Crippen LogP) is 4.47. The molecule has 0 spiro atoms. The fraction of sp³-hybridized carbons (Fsp3) is 0.273. The molecule has 26 heavy (non-hydrogen) atoms. The Morgan fingerprint density at radius 1 is 1.08 bits per heavy atom. The van der Waals surface area contributed by atoms with Crippen molar-refractivity contribution in [2.75, 3.05) is 13.1 Å². The lowest BCUT2D eigenvalue weighted by Gasteiger charge is -2.32. The van der Waals surface area contributed by atoms with Crippen LogP contribution in [-0.2, 0) is 6.42 Å². The number of hydrogen-bond donors (Lipinski definition) is 0. The molecule has 1 saturated heterocycles. The zero-order chi connectivity index (χ0) is 17.9. The van der Waals surface area contributed by atoms with Gasteiger partial charge < -0.3 is 4.90 Å². The third kappa shape index (κ3) is 3.45. The molecule has 4 heteroatoms. The number of aromatic nitrogens is 1. The number of pyridine rings is 1. The van der Waals surface area contributed by atoms with E-state index in [1.165, 1.54) is 12.1 Å². The third-order valence-electron chi connectivity index (χ3n) is 5.25. The number of likely N-dealkylation sites (tertiary alicyclic amines) is 1. The van der Waals surface area contributed by atoms with Crippen LogP contribution in [0.3, 0.4) is 0 Å². The maximum atomic E-state index is 13.0. The Labute approximate surface area is 152 Å². The maximum absolute atomic E-state index is 13.0. The minimum absolute atomic E-state index is 0.0991. The van der Waals surface area contributed by atoms with Crippen LogP contribution < -0.4 is 0 Å². The van der Waals surface area contributed by atoms with Crippen LogP contribution in [-0.4, -0.2) is 28.9 Å². The number of carbonyl (C=O) groups is 1. The molecule has 3 nitrogen and oxygen atoms in total. The minimum Gasteiger partial charge on any atom is -0.339 e. The molecular formula is C22H21FN2O. The van der Waals surface area contributed by atoms with Crippen molar-refractivity contribution >= 4 is 16.7 Å². The van der Waals surface area contributed by atoms with Crippen molar-refractivity contribution in [2.24, 2.45) is 5.92 Å². The molecule has 4 rings (SSSR count). The van der Waals surface area contributed by atoms with Crippen molar-refractivity contribution in [2.45, 2.75) is 19.3 Å². The van der Waals surface area contributed by atoms with Gasteiger partial charge in [-0.25, -0.2) is 4.39 Å². The topological polar surface area (TPSA) is 33.2 Å². The summed E-state index contributed by atoms with van der Waals surface area (Å²) in [7, 11) is 0. The van der Waals surface area contributed by atoms with Crippen molar-refractivity contribution in [3.8, 4) is 0 Å². The summed E-state index contributed by atoms with van der Waals surface area (Å²) in [6.07, 6.45) is 6.43. The van der Waals surface area contributed by atoms with E-state index in [1.807, 2.05) is 41.3 Å². The summed E-state index contributed by atoms with van der Waals surface area (Å²) < 4.78 is 13.0. The van der Waals surface area contributed by atoms with Crippen molar-refractivity contribution in [3.05, 3.63) is 77.9 Å². The summed E-state index contributed by atoms with van der Waals surface area (Å²) in [6, 6.07) is 14.5. The Hall–Kier alpha value is -2.75. The van der Waals surface area contributed by atoms with E-state index in [1.54, 1.807) is 12.4 Å². The summed E-state index contributed by atoms with van der Waals surface area (Å²) in [4.78, 5) is 19.1. The van der Waals surface area contributed by atoms with E-state index in [0.29, 0.717) is 5.92 Å². The number of benzene rings is 2. The van der Waals surface area contributed by atoms with Crippen LogP contribution in [0.1, 0.15) is 28.8 Å². The van der Waals surface area contributed by atoms with Gasteiger partial charge in [0, 0.05) is 36.4 Å². The van der Waals surface area contributed by atoms with Crippen LogP contribution in [0.5, 0.6) is 0 Å². The van der Waals surface area contributed by atoms with Crippen molar-refractivity contribution in [3.63, 3.8) is 0 Å². The normalized spacial score (nSPS) is 15.3. The molecule has 0 unspecified atom stereocenters. The summed E-state index contributed by atoms with van der Waals surface area (Å²) in [5.41, 5.74) is 1.92. The first-order chi connectivity index (χ1) is 12.7. The number of carbonyl (C=O) groups excluding carboxylic acids is 1. The van der Waals surface area contributed by atoms with E-state index in [-0.39, 0.29) is 11.7 Å². The number of halogens is 1. The Bertz CT molecular complexity index is 910. The molecule has 0 aliphatic carbocycles. The highest BCUT2D eigenvalue weighted by Gasteiger charge is 2.24. The molecule has 0 atom stereocenters. The van der Waals surface area contributed by atoms with Crippen LogP contribution in [0.2, 0.25) is 0 Å². The van der Waals surface area contributed by atoms with Crippen LogP contribution in [0.25, 0.3) is 10.8 Å². The molecule has 2 aromatic carbocycles. The van der Waals surface area contributed by atoms with Gasteiger partial charge in [-0.3, -0.25) is 9.78 Å². The third-order valence-corrected chi connectivity index (χ3v) is 5.25. The molecule has 132 valence electrons. The van der Waals surface area contributed by atoms with Crippen LogP contribution in [0.4, 0.5) is 4.39 Å². The molecule has 0 saturated carbocycles. The number of nitrogens with zero attached hydrogens (tertiary/aromatic N) is 2. The van der Waals surface area contributed by atoms with E-state index >= 15 is 0 Å². The molecule has 0 N–H and O–H groups in total. The second-order valence-electron chi connectivity index (χ2n) is 6.97. The van der Waals surface area contributed by atoms with E-state index in [0.717, 1.165) is 54.3 Å². The molecule has 1 aromatic heterocycles. The summed E-state index contributed by atoms with van der Waals surface area (Å²) >= 11 is 0. The Kier molecular flexibility index (Phi) is 4.65. The minimum atomic E-state index is -0.195. The molecule has 1 fully saturated rings. The fourth-order valence-corrected chi connectivity index (χ4v) is 3.77. The summed E-state index contributed by atoms with van der Waals surface area (Å²) in [5.74, 6) is 0.447. The Morgan fingerprint density at radius 2 is 1.85 bits per heavy atom. The first-order valence-corrected chi connectivity index (χ1v) is 9.07. The number of rotatable bonds is 3. The monoisotopic (exact) mass is 348 g/mol. The molecule has 0 bridgehead atoms. The van der Waals surface area contributed by atoms with Gasteiger partial charge >= 0.3 is 0 Å². The second-order valence-corrected chi connectivity index (χ2v) is 6.97. The van der Waals surface area contributed by atoms with Gasteiger partial charge in [-0.05, 0) is 60.4 Å². The van der Waals surface area contributed by atoms with Gasteiger partial charge in [0.1, 0.15) is 5.82 Å². The first kappa shape index (κ1) is 16.7. The van der Waals surface area contributed by atoms with Gasteiger partial charge in [-0.2, -0.15) is 0 Å². The van der Waals surface area contributed by atoms with Gasteiger partial charge in [0.05, 0.1) is 0 Å². The molecule has 3 aromatic rings. The lowest BCUT2D eigenvalue weighted by Crippen LogP contribution is -2.39. The molecule has 1 aliphatic rings. The van der Waals surface area contributed by atoms with Gasteiger partial charge in [-0.15, -0.1) is 0 Å². The molecule has 1 amide bonds. The average Bonchev–Trinajstić information content (AvgIpc) is 2.69. The lowest BCUT2D eigenvalue weighted by molar-refractivity contribution is 0.0692. The maximum Gasteiger partial charge on any atom is 0.254 e. The first-order valence-electron chi connectivity index (χ1n) is 9.07. The molecule has 2 heterocycles. The van der Waals surface area contributed by atoms with E-state index in [4.69, 9.17) is 0 Å². The van der Waals surface area contributed by atoms with Crippen molar-refractivity contribution in [1.29, 1.82) is 0 Å². The zero-order valence-corrected chi connectivity index (χ0v) is 14.6. The highest BCUT2D eigenvalue weighted by atomic mass is 19.1. The number of amides is 1.